The standard InChI is InChI=1S/C9H13N3O2/c1-12(5-6-13)9(14)7-3-2-4-11-8(7)10/h2-4,13H,5-6H2,1H3,(H2,10,11). The van der Waals surface area contributed by atoms with E-state index in [1.807, 2.05) is 0 Å². The van der Waals surface area contributed by atoms with E-state index in [0.717, 1.165) is 0 Å². The summed E-state index contributed by atoms with van der Waals surface area (Å²) < 4.78 is 0. The third-order valence-corrected chi connectivity index (χ3v) is 1.85. The molecule has 0 bridgehead atoms. The first-order valence-corrected chi connectivity index (χ1v) is 4.23. The van der Waals surface area contributed by atoms with Gasteiger partial charge in [-0.25, -0.2) is 4.98 Å². The van der Waals surface area contributed by atoms with Crippen LogP contribution in [0.1, 0.15) is 10.4 Å². The first-order chi connectivity index (χ1) is 6.66. The van der Waals surface area contributed by atoms with Crippen LogP contribution in [0.5, 0.6) is 0 Å². The van der Waals surface area contributed by atoms with Crippen molar-refractivity contribution in [2.24, 2.45) is 0 Å². The van der Waals surface area contributed by atoms with E-state index in [1.165, 1.54) is 11.1 Å². The average Bonchev–Trinajstić information content (AvgIpc) is 2.18. The number of anilines is 1. The minimum Gasteiger partial charge on any atom is -0.395 e. The van der Waals surface area contributed by atoms with E-state index in [0.29, 0.717) is 5.56 Å². The number of hydrogen-bond acceptors (Lipinski definition) is 4. The number of nitrogen functional groups attached to an aromatic ring is 1. The zero-order valence-corrected chi connectivity index (χ0v) is 7.97. The fourth-order valence-corrected chi connectivity index (χ4v) is 1.06. The van der Waals surface area contributed by atoms with Gasteiger partial charge in [0, 0.05) is 19.8 Å². The number of likely N-dealkylation sites (N-methyl/N-ethyl adjacent to an activating group) is 1. The third kappa shape index (κ3) is 2.20. The smallest absolute Gasteiger partial charge is 0.257 e. The molecule has 14 heavy (non-hydrogen) atoms. The largest absolute Gasteiger partial charge is 0.395 e. The zero-order valence-electron chi connectivity index (χ0n) is 7.97. The Kier molecular flexibility index (Phi) is 3.41. The first kappa shape index (κ1) is 10.5. The molecule has 0 unspecified atom stereocenters. The minimum absolute atomic E-state index is 0.0671. The van der Waals surface area contributed by atoms with Gasteiger partial charge in [-0.15, -0.1) is 0 Å². The Morgan fingerprint density at radius 2 is 2.43 bits per heavy atom. The molecule has 1 aromatic heterocycles. The number of nitrogens with zero attached hydrogens (tertiary/aromatic N) is 2. The quantitative estimate of drug-likeness (QED) is 0.695. The summed E-state index contributed by atoms with van der Waals surface area (Å²) >= 11 is 0. The zero-order chi connectivity index (χ0) is 10.6. The normalized spacial score (nSPS) is 9.86. The molecular formula is C9H13N3O2. The van der Waals surface area contributed by atoms with Crippen molar-refractivity contribution in [1.82, 2.24) is 9.88 Å². The van der Waals surface area contributed by atoms with Crippen LogP contribution in [0.3, 0.4) is 0 Å². The number of hydrogen-bond donors (Lipinski definition) is 2. The molecule has 3 N–H and O–H groups in total. The number of nitrogens with two attached hydrogens (primary N) is 1. The summed E-state index contributed by atoms with van der Waals surface area (Å²) in [6, 6.07) is 3.26. The van der Waals surface area contributed by atoms with Crippen molar-refractivity contribution in [2.45, 2.75) is 0 Å². The second-order valence-electron chi connectivity index (χ2n) is 2.89. The second kappa shape index (κ2) is 4.57. The number of carbonyl (C=O) groups is 1. The molecule has 1 aromatic rings. The van der Waals surface area contributed by atoms with Crippen LogP contribution in [0, 0.1) is 0 Å². The predicted octanol–water partition coefficient (Wildman–Crippen LogP) is -0.272. The molecule has 0 saturated carbocycles. The molecule has 5 nitrogen and oxygen atoms in total. The maximum absolute atomic E-state index is 11.7. The van der Waals surface area contributed by atoms with Gasteiger partial charge in [-0.05, 0) is 12.1 Å². The fraction of sp³-hybridized carbons (Fsp3) is 0.333. The van der Waals surface area contributed by atoms with Crippen LogP contribution in [0.2, 0.25) is 0 Å². The molecule has 0 fully saturated rings. The number of amides is 1. The highest BCUT2D eigenvalue weighted by Gasteiger charge is 2.13. The number of carbonyl (C=O) groups excluding carboxylic acids is 1. The summed E-state index contributed by atoms with van der Waals surface area (Å²) in [5.74, 6) is -0.0214. The van der Waals surface area contributed by atoms with E-state index in [1.54, 1.807) is 19.2 Å². The van der Waals surface area contributed by atoms with Crippen molar-refractivity contribution in [3.63, 3.8) is 0 Å². The van der Waals surface area contributed by atoms with Crippen LogP contribution in [-0.2, 0) is 0 Å². The summed E-state index contributed by atoms with van der Waals surface area (Å²) in [4.78, 5) is 16.9. The van der Waals surface area contributed by atoms with Crippen molar-refractivity contribution in [1.29, 1.82) is 0 Å². The SMILES string of the molecule is CN(CCO)C(=O)c1cccnc1N. The lowest BCUT2D eigenvalue weighted by molar-refractivity contribution is 0.0767. The highest BCUT2D eigenvalue weighted by Crippen LogP contribution is 2.09. The maximum atomic E-state index is 11.7. The molecule has 0 aromatic carbocycles. The van der Waals surface area contributed by atoms with Gasteiger partial charge in [-0.3, -0.25) is 4.79 Å². The van der Waals surface area contributed by atoms with Gasteiger partial charge >= 0.3 is 0 Å². The van der Waals surface area contributed by atoms with Crippen molar-refractivity contribution < 1.29 is 9.90 Å². The molecule has 1 heterocycles. The minimum atomic E-state index is -0.232. The summed E-state index contributed by atoms with van der Waals surface area (Å²) in [5.41, 5.74) is 5.90. The van der Waals surface area contributed by atoms with Gasteiger partial charge in [0.25, 0.3) is 5.91 Å². The molecule has 76 valence electrons. The molecule has 5 heteroatoms. The summed E-state index contributed by atoms with van der Waals surface area (Å²) in [6.07, 6.45) is 1.53. The number of aromatic nitrogens is 1. The monoisotopic (exact) mass is 195 g/mol. The molecule has 0 aliphatic carbocycles. The topological polar surface area (TPSA) is 79.5 Å². The van der Waals surface area contributed by atoms with Crippen molar-refractivity contribution >= 4 is 11.7 Å². The fourth-order valence-electron chi connectivity index (χ4n) is 1.06. The Hall–Kier alpha value is -1.62. The molecule has 0 aliphatic heterocycles. The van der Waals surface area contributed by atoms with Gasteiger partial charge in [-0.1, -0.05) is 0 Å². The van der Waals surface area contributed by atoms with Crippen LogP contribution in [0.25, 0.3) is 0 Å². The Morgan fingerprint density at radius 1 is 1.71 bits per heavy atom. The van der Waals surface area contributed by atoms with Gasteiger partial charge in [0.05, 0.1) is 12.2 Å². The van der Waals surface area contributed by atoms with E-state index in [2.05, 4.69) is 4.98 Å². The lowest BCUT2D eigenvalue weighted by Crippen LogP contribution is -2.30. The van der Waals surface area contributed by atoms with Gasteiger partial charge in [0.15, 0.2) is 0 Å². The van der Waals surface area contributed by atoms with E-state index < -0.39 is 0 Å². The van der Waals surface area contributed by atoms with E-state index >= 15 is 0 Å². The Labute approximate surface area is 82.2 Å². The lowest BCUT2D eigenvalue weighted by Gasteiger charge is -2.15. The van der Waals surface area contributed by atoms with Crippen LogP contribution >= 0.6 is 0 Å². The van der Waals surface area contributed by atoms with Gasteiger partial charge in [0.1, 0.15) is 5.82 Å². The Bertz CT molecular complexity index is 328. The summed E-state index contributed by atoms with van der Waals surface area (Å²) in [5, 5.41) is 8.66. The maximum Gasteiger partial charge on any atom is 0.257 e. The number of pyridine rings is 1. The van der Waals surface area contributed by atoms with Gasteiger partial charge in [0.2, 0.25) is 0 Å². The third-order valence-electron chi connectivity index (χ3n) is 1.85. The predicted molar refractivity (Wildman–Crippen MR) is 52.7 cm³/mol. The first-order valence-electron chi connectivity index (χ1n) is 4.23. The van der Waals surface area contributed by atoms with Crippen LogP contribution in [-0.4, -0.2) is 41.1 Å². The van der Waals surface area contributed by atoms with Crippen molar-refractivity contribution in [3.8, 4) is 0 Å². The summed E-state index contributed by atoms with van der Waals surface area (Å²) in [7, 11) is 1.60. The van der Waals surface area contributed by atoms with Crippen LogP contribution in [0.4, 0.5) is 5.82 Å². The number of rotatable bonds is 3. The molecule has 1 rings (SSSR count). The van der Waals surface area contributed by atoms with E-state index in [-0.39, 0.29) is 24.9 Å². The molecule has 0 radical (unpaired) electrons. The van der Waals surface area contributed by atoms with Crippen LogP contribution in [0.15, 0.2) is 18.3 Å². The Balaban J connectivity index is 2.84. The highest BCUT2D eigenvalue weighted by atomic mass is 16.3. The number of aliphatic hydroxyl groups is 1. The van der Waals surface area contributed by atoms with E-state index in [4.69, 9.17) is 10.8 Å². The molecule has 0 atom stereocenters. The van der Waals surface area contributed by atoms with Crippen LogP contribution < -0.4 is 5.73 Å². The van der Waals surface area contributed by atoms with Gasteiger partial charge < -0.3 is 15.7 Å². The molecular weight excluding hydrogens is 182 g/mol. The molecule has 0 aliphatic rings. The van der Waals surface area contributed by atoms with Crippen molar-refractivity contribution in [2.75, 3.05) is 25.9 Å². The second-order valence-corrected chi connectivity index (χ2v) is 2.89. The van der Waals surface area contributed by atoms with Gasteiger partial charge in [-0.2, -0.15) is 0 Å². The van der Waals surface area contributed by atoms with Crippen molar-refractivity contribution in [3.05, 3.63) is 23.9 Å². The Morgan fingerprint density at radius 3 is 3.00 bits per heavy atom. The number of aliphatic hydroxyl groups excluding tert-OH is 1. The molecule has 0 saturated heterocycles. The molecule has 1 amide bonds. The molecule has 0 spiro atoms. The lowest BCUT2D eigenvalue weighted by atomic mass is 10.2. The highest BCUT2D eigenvalue weighted by molar-refractivity contribution is 5.98. The summed E-state index contributed by atoms with van der Waals surface area (Å²) in [6.45, 7) is 0.218. The van der Waals surface area contributed by atoms with E-state index in [9.17, 15) is 4.79 Å². The average molecular weight is 195 g/mol.